The highest BCUT2D eigenvalue weighted by atomic mass is 32.2. The number of nitrogens with zero attached hydrogens (tertiary/aromatic N) is 2. The normalized spacial score (nSPS) is 16.9. The van der Waals surface area contributed by atoms with E-state index in [-0.39, 0.29) is 0 Å². The van der Waals surface area contributed by atoms with Gasteiger partial charge in [-0.1, -0.05) is 12.1 Å². The summed E-state index contributed by atoms with van der Waals surface area (Å²) in [5, 5.41) is 3.47. The Balaban J connectivity index is 1.82. The highest BCUT2D eigenvalue weighted by Crippen LogP contribution is 2.16. The van der Waals surface area contributed by atoms with Gasteiger partial charge in [-0.25, -0.2) is 0 Å². The van der Waals surface area contributed by atoms with Gasteiger partial charge in [-0.05, 0) is 43.7 Å². The molecule has 1 heterocycles. The van der Waals surface area contributed by atoms with Crippen molar-refractivity contribution in [1.29, 1.82) is 0 Å². The number of ether oxygens (including phenoxy) is 1. The molecule has 0 amide bonds. The van der Waals surface area contributed by atoms with E-state index in [1.807, 2.05) is 7.05 Å². The minimum atomic E-state index is 0.415. The van der Waals surface area contributed by atoms with E-state index in [9.17, 15) is 0 Å². The first-order valence-electron chi connectivity index (χ1n) is 7.97. The summed E-state index contributed by atoms with van der Waals surface area (Å²) in [6, 6.07) is 8.68. The van der Waals surface area contributed by atoms with Crippen LogP contribution in [0, 0.1) is 0 Å². The lowest BCUT2D eigenvalue weighted by molar-refractivity contribution is 0.0263. The molecule has 0 aliphatic carbocycles. The van der Waals surface area contributed by atoms with E-state index in [2.05, 4.69) is 52.7 Å². The topological polar surface area (TPSA) is 36.9 Å². The molecule has 1 saturated heterocycles. The second-order valence-corrected chi connectivity index (χ2v) is 6.27. The van der Waals surface area contributed by atoms with E-state index >= 15 is 0 Å². The average molecular weight is 321 g/mol. The Bertz CT molecular complexity index is 467. The molecule has 1 fully saturated rings. The molecular weight excluding hydrogens is 294 g/mol. The maximum atomic E-state index is 5.71. The maximum Gasteiger partial charge on any atom is 0.193 e. The van der Waals surface area contributed by atoms with Crippen molar-refractivity contribution in [2.75, 3.05) is 33.0 Å². The van der Waals surface area contributed by atoms with E-state index in [0.29, 0.717) is 6.10 Å². The molecule has 1 aliphatic rings. The maximum absolute atomic E-state index is 5.71. The fourth-order valence-corrected chi connectivity index (χ4v) is 3.14. The van der Waals surface area contributed by atoms with Crippen molar-refractivity contribution in [3.05, 3.63) is 29.8 Å². The molecule has 22 heavy (non-hydrogen) atoms. The fourth-order valence-electron chi connectivity index (χ4n) is 2.73. The Morgan fingerprint density at radius 2 is 2.00 bits per heavy atom. The number of hydrogen-bond donors (Lipinski definition) is 1. The Morgan fingerprint density at radius 3 is 2.55 bits per heavy atom. The van der Waals surface area contributed by atoms with Crippen molar-refractivity contribution in [2.45, 2.75) is 37.3 Å². The lowest BCUT2D eigenvalue weighted by Gasteiger charge is -2.34. The van der Waals surface area contributed by atoms with E-state index in [4.69, 9.17) is 4.74 Å². The molecule has 0 unspecified atom stereocenters. The number of benzene rings is 1. The van der Waals surface area contributed by atoms with E-state index in [0.717, 1.165) is 45.0 Å². The molecule has 0 saturated carbocycles. The molecule has 2 rings (SSSR count). The van der Waals surface area contributed by atoms with Crippen molar-refractivity contribution in [3.8, 4) is 0 Å². The van der Waals surface area contributed by atoms with Crippen molar-refractivity contribution < 1.29 is 4.74 Å². The third-order valence-corrected chi connectivity index (χ3v) is 4.71. The van der Waals surface area contributed by atoms with Gasteiger partial charge in [0.05, 0.1) is 6.10 Å². The average Bonchev–Trinajstić information content (AvgIpc) is 2.57. The lowest BCUT2D eigenvalue weighted by atomic mass is 10.1. The summed E-state index contributed by atoms with van der Waals surface area (Å²) >= 11 is 1.77. The third-order valence-electron chi connectivity index (χ3n) is 3.97. The minimum absolute atomic E-state index is 0.415. The molecule has 1 aromatic carbocycles. The predicted molar refractivity (Wildman–Crippen MR) is 94.6 cm³/mol. The monoisotopic (exact) mass is 321 g/mol. The molecule has 1 aromatic rings. The van der Waals surface area contributed by atoms with Gasteiger partial charge in [0.2, 0.25) is 0 Å². The van der Waals surface area contributed by atoms with E-state index < -0.39 is 0 Å². The van der Waals surface area contributed by atoms with Crippen LogP contribution in [0.2, 0.25) is 0 Å². The van der Waals surface area contributed by atoms with Crippen LogP contribution in [0.3, 0.4) is 0 Å². The second kappa shape index (κ2) is 9.06. The SMILES string of the molecule is CCOC1CCN(C(=NC)NCc2ccc(SC)cc2)CC1. The first kappa shape index (κ1) is 17.2. The van der Waals surface area contributed by atoms with Gasteiger partial charge in [0.25, 0.3) is 0 Å². The van der Waals surface area contributed by atoms with Gasteiger partial charge in [0.15, 0.2) is 5.96 Å². The van der Waals surface area contributed by atoms with Gasteiger partial charge < -0.3 is 15.0 Å². The number of likely N-dealkylation sites (tertiary alicyclic amines) is 1. The summed E-state index contributed by atoms with van der Waals surface area (Å²) in [5.74, 6) is 0.990. The van der Waals surface area contributed by atoms with Crippen LogP contribution >= 0.6 is 11.8 Å². The number of guanidine groups is 1. The quantitative estimate of drug-likeness (QED) is 0.514. The van der Waals surface area contributed by atoms with Gasteiger partial charge in [-0.2, -0.15) is 0 Å². The number of piperidine rings is 1. The molecule has 0 bridgehead atoms. The molecule has 5 heteroatoms. The summed E-state index contributed by atoms with van der Waals surface area (Å²) in [4.78, 5) is 8.04. The van der Waals surface area contributed by atoms with Crippen LogP contribution in [0.1, 0.15) is 25.3 Å². The van der Waals surface area contributed by atoms with Crippen LogP contribution < -0.4 is 5.32 Å². The van der Waals surface area contributed by atoms with Crippen molar-refractivity contribution in [1.82, 2.24) is 10.2 Å². The first-order valence-corrected chi connectivity index (χ1v) is 9.19. The van der Waals surface area contributed by atoms with Crippen LogP contribution in [0.15, 0.2) is 34.2 Å². The fraction of sp³-hybridized carbons (Fsp3) is 0.588. The third kappa shape index (κ3) is 4.92. The highest BCUT2D eigenvalue weighted by Gasteiger charge is 2.21. The second-order valence-electron chi connectivity index (χ2n) is 5.39. The summed E-state index contributed by atoms with van der Waals surface area (Å²) in [5.41, 5.74) is 1.28. The van der Waals surface area contributed by atoms with Gasteiger partial charge in [0.1, 0.15) is 0 Å². The van der Waals surface area contributed by atoms with E-state index in [1.54, 1.807) is 11.8 Å². The van der Waals surface area contributed by atoms with Gasteiger partial charge >= 0.3 is 0 Å². The highest BCUT2D eigenvalue weighted by molar-refractivity contribution is 7.98. The van der Waals surface area contributed by atoms with Gasteiger partial charge in [-0.15, -0.1) is 11.8 Å². The van der Waals surface area contributed by atoms with Crippen LogP contribution in [-0.2, 0) is 11.3 Å². The Kier molecular flexibility index (Phi) is 7.06. The standard InChI is InChI=1S/C17H27N3OS/c1-4-21-15-9-11-20(12-10-15)17(18-2)19-13-14-5-7-16(22-3)8-6-14/h5-8,15H,4,9-13H2,1-3H3,(H,18,19). The summed E-state index contributed by atoms with van der Waals surface area (Å²) in [6.45, 7) is 5.71. The number of rotatable bonds is 5. The zero-order valence-electron chi connectivity index (χ0n) is 13.8. The molecule has 0 radical (unpaired) electrons. The van der Waals surface area contributed by atoms with Gasteiger partial charge in [0, 0.05) is 38.2 Å². The molecule has 0 atom stereocenters. The summed E-state index contributed by atoms with van der Waals surface area (Å²) < 4.78 is 5.71. The van der Waals surface area contributed by atoms with Gasteiger partial charge in [-0.3, -0.25) is 4.99 Å². The smallest absolute Gasteiger partial charge is 0.193 e. The number of hydrogen-bond acceptors (Lipinski definition) is 3. The molecule has 0 aromatic heterocycles. The number of thioether (sulfide) groups is 1. The number of nitrogens with one attached hydrogen (secondary N) is 1. The molecule has 4 nitrogen and oxygen atoms in total. The summed E-state index contributed by atoms with van der Waals surface area (Å²) in [7, 11) is 1.85. The molecule has 1 aliphatic heterocycles. The summed E-state index contributed by atoms with van der Waals surface area (Å²) in [6.07, 6.45) is 4.67. The molecular formula is C17H27N3OS. The number of aliphatic imine (C=N–C) groups is 1. The van der Waals surface area contributed by atoms with E-state index in [1.165, 1.54) is 10.5 Å². The molecule has 0 spiro atoms. The zero-order chi connectivity index (χ0) is 15.8. The molecule has 1 N–H and O–H groups in total. The van der Waals surface area contributed by atoms with Crippen LogP contribution in [0.4, 0.5) is 0 Å². The van der Waals surface area contributed by atoms with Crippen LogP contribution in [0.25, 0.3) is 0 Å². The Labute approximate surface area is 138 Å². The Hall–Kier alpha value is -1.20. The van der Waals surface area contributed by atoms with Crippen molar-refractivity contribution in [3.63, 3.8) is 0 Å². The lowest BCUT2D eigenvalue weighted by Crippen LogP contribution is -2.46. The Morgan fingerprint density at radius 1 is 1.32 bits per heavy atom. The van der Waals surface area contributed by atoms with Crippen LogP contribution in [-0.4, -0.2) is 50.0 Å². The first-order chi connectivity index (χ1) is 10.8. The predicted octanol–water partition coefficient (Wildman–Crippen LogP) is 2.98. The zero-order valence-corrected chi connectivity index (χ0v) is 14.7. The van der Waals surface area contributed by atoms with Crippen molar-refractivity contribution in [2.24, 2.45) is 4.99 Å². The largest absolute Gasteiger partial charge is 0.378 e. The van der Waals surface area contributed by atoms with Crippen LogP contribution in [0.5, 0.6) is 0 Å². The van der Waals surface area contributed by atoms with Crippen molar-refractivity contribution >= 4 is 17.7 Å². The minimum Gasteiger partial charge on any atom is -0.378 e. The molecule has 122 valence electrons.